The van der Waals surface area contributed by atoms with Gasteiger partial charge in [0.15, 0.2) is 0 Å². The molecular weight excluding hydrogens is 556 g/mol. The molecule has 0 fully saturated rings. The summed E-state index contributed by atoms with van der Waals surface area (Å²) in [7, 11) is 0. The van der Waals surface area contributed by atoms with Crippen LogP contribution in [0.5, 0.6) is 0 Å². The summed E-state index contributed by atoms with van der Waals surface area (Å²) in [5.74, 6) is 0. The summed E-state index contributed by atoms with van der Waals surface area (Å²) in [6.45, 7) is 2.40. The minimum Gasteiger partial charge on any atom is -0.309 e. The summed E-state index contributed by atoms with van der Waals surface area (Å²) >= 11 is 0. The molecule has 2 nitrogen and oxygen atoms in total. The molecule has 1 atom stereocenters. The molecule has 9 aromatic rings. The number of fused-ring (bicyclic) bond motifs is 9. The number of benzene rings is 7. The molecular formula is C44H30N2. The van der Waals surface area contributed by atoms with E-state index in [4.69, 9.17) is 0 Å². The molecule has 0 aliphatic heterocycles. The maximum Gasteiger partial charge on any atom is 0.0544 e. The van der Waals surface area contributed by atoms with Crippen LogP contribution in [0.2, 0.25) is 0 Å². The second-order valence-corrected chi connectivity index (χ2v) is 12.7. The van der Waals surface area contributed by atoms with E-state index >= 15 is 0 Å². The van der Waals surface area contributed by atoms with E-state index in [0.29, 0.717) is 0 Å². The Labute approximate surface area is 267 Å². The van der Waals surface area contributed by atoms with Gasteiger partial charge in [-0.05, 0) is 83.3 Å². The monoisotopic (exact) mass is 586 g/mol. The molecule has 46 heavy (non-hydrogen) atoms. The molecule has 0 N–H and O–H groups in total. The van der Waals surface area contributed by atoms with Gasteiger partial charge in [0.05, 0.1) is 22.1 Å². The minimum atomic E-state index is -0.256. The van der Waals surface area contributed by atoms with Crippen molar-refractivity contribution in [2.75, 3.05) is 0 Å². The van der Waals surface area contributed by atoms with Crippen LogP contribution in [0.1, 0.15) is 23.6 Å². The molecule has 0 saturated carbocycles. The molecule has 0 saturated heterocycles. The first-order valence-electron chi connectivity index (χ1n) is 16.0. The van der Waals surface area contributed by atoms with Crippen LogP contribution in [0.3, 0.4) is 0 Å². The Kier molecular flexibility index (Phi) is 5.16. The zero-order chi connectivity index (χ0) is 30.4. The average Bonchev–Trinajstić information content (AvgIpc) is 3.72. The number of rotatable bonds is 3. The fraction of sp³-hybridized carbons (Fsp3) is 0.0455. The molecule has 0 spiro atoms. The van der Waals surface area contributed by atoms with Crippen molar-refractivity contribution in [1.29, 1.82) is 0 Å². The molecule has 0 amide bonds. The third kappa shape index (κ3) is 3.31. The lowest BCUT2D eigenvalue weighted by molar-refractivity contribution is 0.714. The van der Waals surface area contributed by atoms with Gasteiger partial charge < -0.3 is 9.13 Å². The van der Waals surface area contributed by atoms with Crippen molar-refractivity contribution in [3.8, 4) is 22.5 Å². The second kappa shape index (κ2) is 9.32. The van der Waals surface area contributed by atoms with Gasteiger partial charge in [0.25, 0.3) is 0 Å². The summed E-state index contributed by atoms with van der Waals surface area (Å²) in [6, 6.07) is 60.2. The van der Waals surface area contributed by atoms with Gasteiger partial charge in [-0.1, -0.05) is 115 Å². The summed E-state index contributed by atoms with van der Waals surface area (Å²) < 4.78 is 4.87. The lowest BCUT2D eigenvalue weighted by atomic mass is 9.74. The predicted molar refractivity (Wildman–Crippen MR) is 193 cm³/mol. The normalized spacial score (nSPS) is 15.6. The number of hydrogen-bond donors (Lipinski definition) is 0. The zero-order valence-electron chi connectivity index (χ0n) is 25.5. The molecule has 7 aromatic carbocycles. The Hall–Kier alpha value is -5.86. The number of hydrogen-bond acceptors (Lipinski definition) is 0. The van der Waals surface area contributed by atoms with Gasteiger partial charge in [0, 0.05) is 38.3 Å². The lowest BCUT2D eigenvalue weighted by Gasteiger charge is -2.28. The van der Waals surface area contributed by atoms with Crippen molar-refractivity contribution in [3.05, 3.63) is 180 Å². The van der Waals surface area contributed by atoms with Crippen molar-refractivity contribution in [2.45, 2.75) is 12.3 Å². The molecule has 0 radical (unpaired) electrons. The molecule has 1 aliphatic carbocycles. The van der Waals surface area contributed by atoms with Crippen molar-refractivity contribution in [3.63, 3.8) is 0 Å². The van der Waals surface area contributed by atoms with Crippen molar-refractivity contribution < 1.29 is 0 Å². The van der Waals surface area contributed by atoms with Crippen molar-refractivity contribution >= 4 is 43.6 Å². The second-order valence-electron chi connectivity index (χ2n) is 12.7. The molecule has 2 heteroatoms. The molecule has 2 heterocycles. The molecule has 0 bridgehead atoms. The Bertz CT molecular complexity index is 2600. The fourth-order valence-electron chi connectivity index (χ4n) is 8.28. The maximum atomic E-state index is 2.48. The zero-order valence-corrected chi connectivity index (χ0v) is 25.5. The number of para-hydroxylation sites is 3. The first-order valence-corrected chi connectivity index (χ1v) is 16.0. The third-order valence-corrected chi connectivity index (χ3v) is 10.4. The van der Waals surface area contributed by atoms with E-state index in [1.807, 2.05) is 0 Å². The van der Waals surface area contributed by atoms with Gasteiger partial charge >= 0.3 is 0 Å². The summed E-state index contributed by atoms with van der Waals surface area (Å²) in [5, 5.41) is 5.10. The van der Waals surface area contributed by atoms with E-state index in [1.54, 1.807) is 0 Å². The van der Waals surface area contributed by atoms with Gasteiger partial charge in [0.1, 0.15) is 0 Å². The highest BCUT2D eigenvalue weighted by atomic mass is 15.0. The molecule has 10 rings (SSSR count). The van der Waals surface area contributed by atoms with Crippen LogP contribution in [0, 0.1) is 0 Å². The van der Waals surface area contributed by atoms with Crippen LogP contribution in [0.15, 0.2) is 164 Å². The Balaban J connectivity index is 1.27. The van der Waals surface area contributed by atoms with Crippen molar-refractivity contribution in [1.82, 2.24) is 9.13 Å². The largest absolute Gasteiger partial charge is 0.309 e. The Morgan fingerprint density at radius 1 is 0.370 bits per heavy atom. The van der Waals surface area contributed by atoms with Gasteiger partial charge in [-0.3, -0.25) is 0 Å². The van der Waals surface area contributed by atoms with Crippen LogP contribution >= 0.6 is 0 Å². The van der Waals surface area contributed by atoms with Crippen LogP contribution in [0.4, 0.5) is 0 Å². The molecule has 1 aliphatic rings. The van der Waals surface area contributed by atoms with Crippen molar-refractivity contribution in [2.24, 2.45) is 0 Å². The highest BCUT2D eigenvalue weighted by Gasteiger charge is 2.41. The van der Waals surface area contributed by atoms with E-state index in [1.165, 1.54) is 71.4 Å². The summed E-state index contributed by atoms with van der Waals surface area (Å²) in [4.78, 5) is 0. The fourth-order valence-corrected chi connectivity index (χ4v) is 8.28. The number of nitrogens with zero attached hydrogens (tertiary/aromatic N) is 2. The first kappa shape index (κ1) is 25.5. The highest BCUT2D eigenvalue weighted by molar-refractivity contribution is 6.12. The Morgan fingerprint density at radius 2 is 0.891 bits per heavy atom. The van der Waals surface area contributed by atoms with Crippen LogP contribution in [-0.2, 0) is 5.41 Å². The standard InChI is InChI=1S/C44H30N2/c1-44(29-14-3-2-4-15-29)38-22-9-5-18-32(38)36-27-37-35-21-8-12-25-42(35)46(43(37)28-39(36)44)31-17-13-16-30(26-31)45-40-23-10-6-19-33(40)34-20-7-11-24-41(34)45/h2-28H,1H3. The SMILES string of the molecule is CC1(c2ccccc2)c2ccccc2-c2cc3c4ccccc4n(-c4cccc(-n5c6ccccc6c6ccccc65)c4)c3cc21. The smallest absolute Gasteiger partial charge is 0.0544 e. The van der Waals surface area contributed by atoms with E-state index < -0.39 is 0 Å². The molecule has 1 unspecified atom stereocenters. The summed E-state index contributed by atoms with van der Waals surface area (Å²) in [5.41, 5.74) is 13.6. The predicted octanol–water partition coefficient (Wildman–Crippen LogP) is 11.2. The van der Waals surface area contributed by atoms with Gasteiger partial charge in [-0.15, -0.1) is 0 Å². The molecule has 2 aromatic heterocycles. The first-order chi connectivity index (χ1) is 22.7. The topological polar surface area (TPSA) is 9.86 Å². The molecule has 216 valence electrons. The van der Waals surface area contributed by atoms with Crippen LogP contribution in [0.25, 0.3) is 66.1 Å². The minimum absolute atomic E-state index is 0.256. The third-order valence-electron chi connectivity index (χ3n) is 10.4. The van der Waals surface area contributed by atoms with Crippen LogP contribution < -0.4 is 0 Å². The van der Waals surface area contributed by atoms with E-state index in [2.05, 4.69) is 180 Å². The van der Waals surface area contributed by atoms with Gasteiger partial charge in [0.2, 0.25) is 0 Å². The maximum absolute atomic E-state index is 2.48. The van der Waals surface area contributed by atoms with Gasteiger partial charge in [-0.2, -0.15) is 0 Å². The van der Waals surface area contributed by atoms with E-state index in [-0.39, 0.29) is 5.41 Å². The van der Waals surface area contributed by atoms with Gasteiger partial charge in [-0.25, -0.2) is 0 Å². The highest BCUT2D eigenvalue weighted by Crippen LogP contribution is 2.54. The Morgan fingerprint density at radius 3 is 1.54 bits per heavy atom. The van der Waals surface area contributed by atoms with E-state index in [9.17, 15) is 0 Å². The van der Waals surface area contributed by atoms with E-state index in [0.717, 1.165) is 11.4 Å². The summed E-state index contributed by atoms with van der Waals surface area (Å²) in [6.07, 6.45) is 0. The average molecular weight is 587 g/mol. The lowest BCUT2D eigenvalue weighted by Crippen LogP contribution is -2.22. The quantitative estimate of drug-likeness (QED) is 0.195. The number of aromatic nitrogens is 2. The van der Waals surface area contributed by atoms with Crippen LogP contribution in [-0.4, -0.2) is 9.13 Å².